The maximum Gasteiger partial charge on any atom is 0.329 e. The molecule has 1 aliphatic rings. The van der Waals surface area contributed by atoms with Gasteiger partial charge in [0.25, 0.3) is 0 Å². The predicted molar refractivity (Wildman–Crippen MR) is 117 cm³/mol. The number of fused-ring (bicyclic) bond motifs is 1. The van der Waals surface area contributed by atoms with Crippen LogP contribution in [0.2, 0.25) is 0 Å². The molecule has 0 bridgehead atoms. The Bertz CT molecular complexity index is 1110. The predicted octanol–water partition coefficient (Wildman–Crippen LogP) is 3.40. The molecule has 0 fully saturated rings. The Morgan fingerprint density at radius 2 is 2.03 bits per heavy atom. The summed E-state index contributed by atoms with van der Waals surface area (Å²) in [5.74, 6) is 1.70. The van der Waals surface area contributed by atoms with Crippen LogP contribution in [0.25, 0.3) is 11.0 Å². The van der Waals surface area contributed by atoms with Gasteiger partial charge in [-0.3, -0.25) is 14.1 Å². The summed E-state index contributed by atoms with van der Waals surface area (Å²) < 4.78 is 9.11. The molecule has 3 aromatic rings. The molecule has 0 aliphatic carbocycles. The summed E-state index contributed by atoms with van der Waals surface area (Å²) in [5, 5.41) is 3.41. The van der Waals surface area contributed by atoms with Crippen LogP contribution in [0.5, 0.6) is 5.75 Å². The van der Waals surface area contributed by atoms with Gasteiger partial charge in [-0.25, -0.2) is 4.79 Å². The topological polar surface area (TPSA) is 60.5 Å². The number of nitrogens with zero attached hydrogens (tertiary/aromatic N) is 3. The molecule has 1 unspecified atom stereocenters. The maximum atomic E-state index is 13.3. The molecular weight excluding hydrogens is 364 g/mol. The van der Waals surface area contributed by atoms with Crippen LogP contribution in [0.1, 0.15) is 37.8 Å². The molecule has 2 heterocycles. The molecule has 0 saturated heterocycles. The summed E-state index contributed by atoms with van der Waals surface area (Å²) in [6.45, 7) is 6.28. The van der Waals surface area contributed by atoms with Crippen molar-refractivity contribution < 1.29 is 4.74 Å². The van der Waals surface area contributed by atoms with Crippen molar-refractivity contribution in [2.24, 2.45) is 4.99 Å². The summed E-state index contributed by atoms with van der Waals surface area (Å²) in [7, 11) is 1.66. The Labute approximate surface area is 170 Å². The van der Waals surface area contributed by atoms with Crippen LogP contribution in [0, 0.1) is 0 Å². The van der Waals surface area contributed by atoms with Gasteiger partial charge < -0.3 is 10.1 Å². The highest BCUT2D eigenvalue weighted by molar-refractivity contribution is 6.02. The lowest BCUT2D eigenvalue weighted by Crippen LogP contribution is -2.27. The minimum Gasteiger partial charge on any atom is -0.497 e. The van der Waals surface area contributed by atoms with E-state index >= 15 is 0 Å². The number of hydrogen-bond acceptors (Lipinski definition) is 4. The third-order valence-corrected chi connectivity index (χ3v) is 5.41. The molecule has 1 N–H and O–H groups in total. The van der Waals surface area contributed by atoms with Crippen molar-refractivity contribution in [2.45, 2.75) is 45.8 Å². The van der Waals surface area contributed by atoms with Gasteiger partial charge in [0.1, 0.15) is 11.6 Å². The Morgan fingerprint density at radius 1 is 1.17 bits per heavy atom. The van der Waals surface area contributed by atoms with E-state index in [1.54, 1.807) is 7.11 Å². The van der Waals surface area contributed by atoms with Gasteiger partial charge in [-0.2, -0.15) is 0 Å². The molecule has 0 amide bonds. The highest BCUT2D eigenvalue weighted by Gasteiger charge is 2.18. The molecule has 0 saturated carbocycles. The molecule has 4 rings (SSSR count). The molecule has 1 aliphatic heterocycles. The second kappa shape index (κ2) is 8.15. The first-order chi connectivity index (χ1) is 14.1. The molecular formula is C23H28N4O2. The highest BCUT2D eigenvalue weighted by Crippen LogP contribution is 2.20. The number of amidine groups is 1. The van der Waals surface area contributed by atoms with Crippen molar-refractivity contribution in [2.75, 3.05) is 13.7 Å². The van der Waals surface area contributed by atoms with Crippen molar-refractivity contribution in [1.82, 2.24) is 14.5 Å². The summed E-state index contributed by atoms with van der Waals surface area (Å²) in [6.07, 6.45) is 2.03. The van der Waals surface area contributed by atoms with Gasteiger partial charge >= 0.3 is 5.69 Å². The molecule has 1 atom stereocenters. The van der Waals surface area contributed by atoms with Crippen LogP contribution >= 0.6 is 0 Å². The van der Waals surface area contributed by atoms with E-state index in [1.807, 2.05) is 33.4 Å². The van der Waals surface area contributed by atoms with Gasteiger partial charge in [-0.15, -0.1) is 0 Å². The number of benzene rings is 2. The van der Waals surface area contributed by atoms with Gasteiger partial charge in [0.2, 0.25) is 0 Å². The van der Waals surface area contributed by atoms with E-state index in [9.17, 15) is 4.79 Å². The normalized spacial score (nSPS) is 16.1. The van der Waals surface area contributed by atoms with E-state index in [0.717, 1.165) is 59.7 Å². The van der Waals surface area contributed by atoms with Crippen LogP contribution in [0.3, 0.4) is 0 Å². The van der Waals surface area contributed by atoms with E-state index in [-0.39, 0.29) is 5.69 Å². The lowest BCUT2D eigenvalue weighted by molar-refractivity contribution is 0.414. The van der Waals surface area contributed by atoms with E-state index in [4.69, 9.17) is 4.74 Å². The standard InChI is InChI=1S/C23H28N4O2/c1-4-5-11-26-20-10-9-18(22-24-14-16(2)25-22)13-21(20)27(23(26)28)15-17-7-6-8-19(12-17)29-3/h6-10,12-13,16H,4-5,11,14-15H2,1-3H3,(H,24,25). The molecule has 2 aromatic carbocycles. The number of aromatic nitrogens is 2. The molecule has 0 spiro atoms. The largest absolute Gasteiger partial charge is 0.497 e. The van der Waals surface area contributed by atoms with Crippen molar-refractivity contribution in [3.63, 3.8) is 0 Å². The van der Waals surface area contributed by atoms with Crippen LogP contribution in [-0.4, -0.2) is 34.7 Å². The summed E-state index contributed by atoms with van der Waals surface area (Å²) in [6, 6.07) is 14.4. The molecule has 6 heteroatoms. The average molecular weight is 393 g/mol. The van der Waals surface area contributed by atoms with Gasteiger partial charge in [0, 0.05) is 18.2 Å². The van der Waals surface area contributed by atoms with Crippen LogP contribution in [-0.2, 0) is 13.1 Å². The lowest BCUT2D eigenvalue weighted by Gasteiger charge is -2.08. The fourth-order valence-corrected chi connectivity index (χ4v) is 3.83. The van der Waals surface area contributed by atoms with E-state index in [0.29, 0.717) is 12.6 Å². The average Bonchev–Trinajstić information content (AvgIpc) is 3.28. The SMILES string of the molecule is CCCCn1c(=O)n(Cc2cccc(OC)c2)c2cc(C3=NCC(C)N3)ccc21. The molecule has 29 heavy (non-hydrogen) atoms. The number of methoxy groups -OCH3 is 1. The fourth-order valence-electron chi connectivity index (χ4n) is 3.83. The van der Waals surface area contributed by atoms with Gasteiger partial charge in [-0.1, -0.05) is 25.5 Å². The van der Waals surface area contributed by atoms with E-state index in [2.05, 4.69) is 42.4 Å². The van der Waals surface area contributed by atoms with Crippen LogP contribution < -0.4 is 15.7 Å². The highest BCUT2D eigenvalue weighted by atomic mass is 16.5. The number of ether oxygens (including phenoxy) is 1. The number of aryl methyl sites for hydroxylation is 1. The van der Waals surface area contributed by atoms with Crippen molar-refractivity contribution >= 4 is 16.9 Å². The van der Waals surface area contributed by atoms with Gasteiger partial charge in [0.05, 0.1) is 31.2 Å². The Balaban J connectivity index is 1.81. The van der Waals surface area contributed by atoms with Crippen LogP contribution in [0.4, 0.5) is 0 Å². The molecule has 6 nitrogen and oxygen atoms in total. The van der Waals surface area contributed by atoms with E-state index in [1.165, 1.54) is 0 Å². The van der Waals surface area contributed by atoms with Crippen LogP contribution in [0.15, 0.2) is 52.3 Å². The minimum absolute atomic E-state index is 0.0307. The van der Waals surface area contributed by atoms with Gasteiger partial charge in [-0.05, 0) is 49.2 Å². The van der Waals surface area contributed by atoms with Gasteiger partial charge in [0.15, 0.2) is 0 Å². The fraction of sp³-hybridized carbons (Fsp3) is 0.391. The molecule has 1 aromatic heterocycles. The lowest BCUT2D eigenvalue weighted by atomic mass is 10.1. The molecule has 152 valence electrons. The zero-order valence-corrected chi connectivity index (χ0v) is 17.3. The third kappa shape index (κ3) is 3.79. The summed E-state index contributed by atoms with van der Waals surface area (Å²) in [4.78, 5) is 17.9. The van der Waals surface area contributed by atoms with Crippen molar-refractivity contribution in [3.8, 4) is 5.75 Å². The Hall–Kier alpha value is -3.02. The first-order valence-corrected chi connectivity index (χ1v) is 10.3. The Morgan fingerprint density at radius 3 is 2.76 bits per heavy atom. The summed E-state index contributed by atoms with van der Waals surface area (Å²) in [5.41, 5.74) is 4.01. The maximum absolute atomic E-state index is 13.3. The zero-order chi connectivity index (χ0) is 20.4. The molecule has 0 radical (unpaired) electrons. The second-order valence-electron chi connectivity index (χ2n) is 7.66. The monoisotopic (exact) mass is 392 g/mol. The smallest absolute Gasteiger partial charge is 0.329 e. The first-order valence-electron chi connectivity index (χ1n) is 10.3. The third-order valence-electron chi connectivity index (χ3n) is 5.41. The Kier molecular flexibility index (Phi) is 5.43. The number of rotatable bonds is 7. The number of aliphatic imine (C=N–C) groups is 1. The number of unbranched alkanes of at least 4 members (excludes halogenated alkanes) is 1. The first kappa shape index (κ1) is 19.3. The van der Waals surface area contributed by atoms with Crippen molar-refractivity contribution in [1.29, 1.82) is 0 Å². The minimum atomic E-state index is 0.0307. The second-order valence-corrected chi connectivity index (χ2v) is 7.66. The summed E-state index contributed by atoms with van der Waals surface area (Å²) >= 11 is 0. The zero-order valence-electron chi connectivity index (χ0n) is 17.3. The van der Waals surface area contributed by atoms with Crippen molar-refractivity contribution in [3.05, 3.63) is 64.1 Å². The number of imidazole rings is 1. The quantitative estimate of drug-likeness (QED) is 0.670. The van der Waals surface area contributed by atoms with E-state index < -0.39 is 0 Å². The number of hydrogen-bond donors (Lipinski definition) is 1. The number of nitrogens with one attached hydrogen (secondary N) is 1.